The maximum Gasteiger partial charge on any atom is 0.119 e. The van der Waals surface area contributed by atoms with Crippen molar-refractivity contribution in [2.24, 2.45) is 0 Å². The van der Waals surface area contributed by atoms with E-state index in [1.165, 1.54) is 0 Å². The average Bonchev–Trinajstić information content (AvgIpc) is 2.67. The van der Waals surface area contributed by atoms with Gasteiger partial charge >= 0.3 is 0 Å². The molecule has 0 heterocycles. The van der Waals surface area contributed by atoms with Crippen molar-refractivity contribution in [3.63, 3.8) is 0 Å². The van der Waals surface area contributed by atoms with E-state index in [0.29, 0.717) is 13.0 Å². The zero-order valence-electron chi connectivity index (χ0n) is 9.52. The molecule has 0 radical (unpaired) electrons. The third kappa shape index (κ3) is 2.36. The van der Waals surface area contributed by atoms with Crippen molar-refractivity contribution in [2.45, 2.75) is 38.4 Å². The van der Waals surface area contributed by atoms with Crippen LogP contribution < -0.4 is 4.74 Å². The number of fused-ring (bicyclic) bond motifs is 1. The first kappa shape index (κ1) is 11.4. The van der Waals surface area contributed by atoms with Gasteiger partial charge in [0.25, 0.3) is 0 Å². The van der Waals surface area contributed by atoms with Gasteiger partial charge in [0.2, 0.25) is 0 Å². The highest BCUT2D eigenvalue weighted by Gasteiger charge is 2.20. The van der Waals surface area contributed by atoms with Gasteiger partial charge in [0.1, 0.15) is 12.4 Å². The predicted molar refractivity (Wildman–Crippen MR) is 61.5 cm³/mol. The minimum Gasteiger partial charge on any atom is -0.491 e. The molecule has 1 aliphatic carbocycles. The van der Waals surface area contributed by atoms with Crippen LogP contribution in [0.25, 0.3) is 0 Å². The summed E-state index contributed by atoms with van der Waals surface area (Å²) in [6.07, 6.45) is 1.69. The quantitative estimate of drug-likeness (QED) is 0.817. The molecule has 3 heteroatoms. The number of aliphatic hydroxyl groups excluding tert-OH is 2. The zero-order valence-corrected chi connectivity index (χ0v) is 9.52. The summed E-state index contributed by atoms with van der Waals surface area (Å²) in [6.45, 7) is 2.25. The first-order valence-corrected chi connectivity index (χ1v) is 5.82. The Morgan fingerprint density at radius 2 is 2.31 bits per heavy atom. The van der Waals surface area contributed by atoms with Gasteiger partial charge in [-0.1, -0.05) is 13.0 Å². The molecule has 16 heavy (non-hydrogen) atoms. The minimum absolute atomic E-state index is 0.315. The van der Waals surface area contributed by atoms with Crippen LogP contribution >= 0.6 is 0 Å². The van der Waals surface area contributed by atoms with E-state index in [4.69, 9.17) is 4.74 Å². The number of ether oxygens (including phenoxy) is 1. The third-order valence-electron chi connectivity index (χ3n) is 3.07. The number of aliphatic hydroxyl groups is 2. The number of benzene rings is 1. The highest BCUT2D eigenvalue weighted by Crippen LogP contribution is 2.33. The lowest BCUT2D eigenvalue weighted by Gasteiger charge is -2.11. The van der Waals surface area contributed by atoms with E-state index >= 15 is 0 Å². The van der Waals surface area contributed by atoms with E-state index in [1.807, 2.05) is 25.1 Å². The highest BCUT2D eigenvalue weighted by atomic mass is 16.5. The summed E-state index contributed by atoms with van der Waals surface area (Å²) < 4.78 is 5.49. The van der Waals surface area contributed by atoms with Crippen molar-refractivity contribution < 1.29 is 14.9 Å². The predicted octanol–water partition coefficient (Wildman–Crippen LogP) is 1.82. The van der Waals surface area contributed by atoms with Gasteiger partial charge < -0.3 is 14.9 Å². The molecule has 3 nitrogen and oxygen atoms in total. The second kappa shape index (κ2) is 4.85. The van der Waals surface area contributed by atoms with E-state index in [0.717, 1.165) is 29.7 Å². The standard InChI is InChI=1S/C13H18O3/c1-2-10(14)8-16-11-4-5-12-9(7-11)3-6-13(12)15/h4-5,7,10,13-15H,2-3,6,8H2,1H3. The molecule has 2 unspecified atom stereocenters. The van der Waals surface area contributed by atoms with Gasteiger partial charge in [0.15, 0.2) is 0 Å². The van der Waals surface area contributed by atoms with Crippen molar-refractivity contribution in [3.8, 4) is 5.75 Å². The Bertz CT molecular complexity index is 362. The van der Waals surface area contributed by atoms with E-state index in [-0.39, 0.29) is 6.10 Å². The lowest BCUT2D eigenvalue weighted by atomic mass is 10.1. The van der Waals surface area contributed by atoms with Crippen LogP contribution in [0.1, 0.15) is 37.0 Å². The van der Waals surface area contributed by atoms with Crippen LogP contribution in [0.5, 0.6) is 5.75 Å². The molecule has 0 saturated carbocycles. The second-order valence-corrected chi connectivity index (χ2v) is 4.29. The maximum absolute atomic E-state index is 9.65. The Kier molecular flexibility index (Phi) is 3.46. The average molecular weight is 222 g/mol. The molecule has 2 N–H and O–H groups in total. The molecular formula is C13H18O3. The summed E-state index contributed by atoms with van der Waals surface area (Å²) in [6, 6.07) is 5.74. The van der Waals surface area contributed by atoms with E-state index in [1.54, 1.807) is 0 Å². The van der Waals surface area contributed by atoms with Crippen LogP contribution in [0.2, 0.25) is 0 Å². The molecule has 0 spiro atoms. The molecule has 0 saturated heterocycles. The topological polar surface area (TPSA) is 49.7 Å². The summed E-state index contributed by atoms with van der Waals surface area (Å²) in [7, 11) is 0. The molecular weight excluding hydrogens is 204 g/mol. The van der Waals surface area contributed by atoms with E-state index < -0.39 is 6.10 Å². The SMILES string of the molecule is CCC(O)COc1ccc2c(c1)CCC2O. The van der Waals surface area contributed by atoms with Gasteiger partial charge in [-0.25, -0.2) is 0 Å². The minimum atomic E-state index is -0.404. The van der Waals surface area contributed by atoms with Gasteiger partial charge in [-0.15, -0.1) is 0 Å². The van der Waals surface area contributed by atoms with Crippen LogP contribution in [0, 0.1) is 0 Å². The number of hydrogen-bond acceptors (Lipinski definition) is 3. The van der Waals surface area contributed by atoms with Crippen molar-refractivity contribution in [1.29, 1.82) is 0 Å². The Morgan fingerprint density at radius 3 is 3.06 bits per heavy atom. The normalized spacial score (nSPS) is 20.6. The van der Waals surface area contributed by atoms with Crippen molar-refractivity contribution >= 4 is 0 Å². The summed E-state index contributed by atoms with van der Waals surface area (Å²) in [4.78, 5) is 0. The fourth-order valence-electron chi connectivity index (χ4n) is 1.97. The number of rotatable bonds is 4. The van der Waals surface area contributed by atoms with Crippen LogP contribution in [0.4, 0.5) is 0 Å². The lowest BCUT2D eigenvalue weighted by molar-refractivity contribution is 0.104. The summed E-state index contributed by atoms with van der Waals surface area (Å²) in [5.41, 5.74) is 2.18. The van der Waals surface area contributed by atoms with Gasteiger partial charge in [-0.2, -0.15) is 0 Å². The number of aryl methyl sites for hydroxylation is 1. The van der Waals surface area contributed by atoms with Crippen LogP contribution in [0.15, 0.2) is 18.2 Å². The van der Waals surface area contributed by atoms with Gasteiger partial charge in [-0.3, -0.25) is 0 Å². The first-order valence-electron chi connectivity index (χ1n) is 5.82. The molecule has 0 fully saturated rings. The lowest BCUT2D eigenvalue weighted by Crippen LogP contribution is -2.16. The molecule has 1 aromatic carbocycles. The summed E-state index contributed by atoms with van der Waals surface area (Å²) in [5.74, 6) is 0.778. The molecule has 0 aromatic heterocycles. The summed E-state index contributed by atoms with van der Waals surface area (Å²) >= 11 is 0. The fraction of sp³-hybridized carbons (Fsp3) is 0.538. The van der Waals surface area contributed by atoms with Gasteiger partial charge in [-0.05, 0) is 42.5 Å². The molecule has 88 valence electrons. The van der Waals surface area contributed by atoms with Crippen LogP contribution in [0.3, 0.4) is 0 Å². The molecule has 0 aliphatic heterocycles. The van der Waals surface area contributed by atoms with Crippen molar-refractivity contribution in [1.82, 2.24) is 0 Å². The molecule has 0 amide bonds. The second-order valence-electron chi connectivity index (χ2n) is 4.29. The molecule has 2 atom stereocenters. The maximum atomic E-state index is 9.65. The smallest absolute Gasteiger partial charge is 0.119 e. The zero-order chi connectivity index (χ0) is 11.5. The Balaban J connectivity index is 2.02. The monoisotopic (exact) mass is 222 g/mol. The van der Waals surface area contributed by atoms with Crippen LogP contribution in [-0.4, -0.2) is 22.9 Å². The fourth-order valence-corrected chi connectivity index (χ4v) is 1.97. The van der Waals surface area contributed by atoms with Gasteiger partial charge in [0.05, 0.1) is 12.2 Å². The van der Waals surface area contributed by atoms with E-state index in [2.05, 4.69) is 0 Å². The highest BCUT2D eigenvalue weighted by molar-refractivity contribution is 5.39. The Hall–Kier alpha value is -1.06. The van der Waals surface area contributed by atoms with Crippen molar-refractivity contribution in [2.75, 3.05) is 6.61 Å². The third-order valence-corrected chi connectivity index (χ3v) is 3.07. The Labute approximate surface area is 95.7 Å². The molecule has 2 rings (SSSR count). The Morgan fingerprint density at radius 1 is 1.50 bits per heavy atom. The molecule has 0 bridgehead atoms. The number of hydrogen-bond donors (Lipinski definition) is 2. The molecule has 1 aliphatic rings. The van der Waals surface area contributed by atoms with E-state index in [9.17, 15) is 10.2 Å². The van der Waals surface area contributed by atoms with Gasteiger partial charge in [0, 0.05) is 0 Å². The van der Waals surface area contributed by atoms with Crippen molar-refractivity contribution in [3.05, 3.63) is 29.3 Å². The molecule has 1 aromatic rings. The first-order chi connectivity index (χ1) is 7.70. The largest absolute Gasteiger partial charge is 0.491 e. The summed E-state index contributed by atoms with van der Waals surface area (Å²) in [5, 5.41) is 19.0. The van der Waals surface area contributed by atoms with Crippen LogP contribution in [-0.2, 0) is 6.42 Å².